The second kappa shape index (κ2) is 8.39. The number of methoxy groups -OCH3 is 2. The quantitative estimate of drug-likeness (QED) is 0.779. The molecule has 0 saturated carbocycles. The van der Waals surface area contributed by atoms with Gasteiger partial charge < -0.3 is 14.4 Å². The predicted molar refractivity (Wildman–Crippen MR) is 103 cm³/mol. The molecule has 1 atom stereocenters. The third-order valence-electron chi connectivity index (χ3n) is 5.06. The van der Waals surface area contributed by atoms with Crippen LogP contribution in [-0.4, -0.2) is 44.7 Å². The average Bonchev–Trinajstić information content (AvgIpc) is 3.16. The van der Waals surface area contributed by atoms with Crippen LogP contribution in [0.1, 0.15) is 18.4 Å². The third kappa shape index (κ3) is 4.06. The van der Waals surface area contributed by atoms with Gasteiger partial charge >= 0.3 is 0 Å². The van der Waals surface area contributed by atoms with Gasteiger partial charge in [-0.2, -0.15) is 0 Å². The normalized spacial score (nSPS) is 17.0. The van der Waals surface area contributed by atoms with Gasteiger partial charge in [0.25, 0.3) is 0 Å². The molecule has 2 aromatic carbocycles. The van der Waals surface area contributed by atoms with E-state index in [1.54, 1.807) is 50.4 Å². The van der Waals surface area contributed by atoms with Crippen molar-refractivity contribution < 1.29 is 18.7 Å². The van der Waals surface area contributed by atoms with Crippen LogP contribution in [0.4, 0.5) is 10.1 Å². The summed E-state index contributed by atoms with van der Waals surface area (Å²) in [6.07, 6.45) is 1.69. The Morgan fingerprint density at radius 2 is 1.93 bits per heavy atom. The molecule has 1 unspecified atom stereocenters. The highest BCUT2D eigenvalue weighted by Gasteiger charge is 2.33. The van der Waals surface area contributed by atoms with Crippen LogP contribution in [0.2, 0.25) is 0 Å². The van der Waals surface area contributed by atoms with Crippen molar-refractivity contribution in [3.8, 4) is 11.5 Å². The lowest BCUT2D eigenvalue weighted by molar-refractivity contribution is -0.122. The summed E-state index contributed by atoms with van der Waals surface area (Å²) in [4.78, 5) is 16.8. The Bertz CT molecular complexity index is 812. The summed E-state index contributed by atoms with van der Waals surface area (Å²) in [6.45, 7) is 1.22. The minimum atomic E-state index is -0.261. The minimum absolute atomic E-state index is 0.00365. The zero-order chi connectivity index (χ0) is 19.4. The van der Waals surface area contributed by atoms with Crippen LogP contribution in [0.3, 0.4) is 0 Å². The van der Waals surface area contributed by atoms with E-state index < -0.39 is 0 Å². The molecule has 0 spiro atoms. The smallest absolute Gasteiger partial charge is 0.244 e. The number of likely N-dealkylation sites (N-methyl/N-ethyl adjacent to an activating group) is 1. The Labute approximate surface area is 159 Å². The number of rotatable bonds is 6. The highest BCUT2D eigenvalue weighted by Crippen LogP contribution is 2.32. The summed E-state index contributed by atoms with van der Waals surface area (Å²) in [7, 11) is 4.89. The summed E-state index contributed by atoms with van der Waals surface area (Å²) in [5.74, 6) is 0.952. The van der Waals surface area contributed by atoms with Crippen molar-refractivity contribution in [2.45, 2.75) is 25.4 Å². The first-order valence-corrected chi connectivity index (χ1v) is 9.02. The molecule has 0 aliphatic carbocycles. The van der Waals surface area contributed by atoms with Gasteiger partial charge in [-0.3, -0.25) is 9.69 Å². The van der Waals surface area contributed by atoms with Crippen molar-refractivity contribution in [2.24, 2.45) is 0 Å². The molecule has 0 aromatic heterocycles. The van der Waals surface area contributed by atoms with E-state index in [9.17, 15) is 9.18 Å². The maximum Gasteiger partial charge on any atom is 0.244 e. The van der Waals surface area contributed by atoms with Crippen LogP contribution in [0.5, 0.6) is 11.5 Å². The van der Waals surface area contributed by atoms with Gasteiger partial charge in [-0.05, 0) is 37.6 Å². The van der Waals surface area contributed by atoms with Crippen molar-refractivity contribution in [2.75, 3.05) is 32.7 Å². The van der Waals surface area contributed by atoms with E-state index in [4.69, 9.17) is 9.47 Å². The number of carbonyl (C=O) groups excluding carboxylic acids is 1. The molecule has 1 aliphatic rings. The Kier molecular flexibility index (Phi) is 5.96. The molecular formula is C21H25FN2O3. The van der Waals surface area contributed by atoms with Gasteiger partial charge in [-0.1, -0.05) is 18.2 Å². The molecule has 2 aromatic rings. The van der Waals surface area contributed by atoms with Gasteiger partial charge in [0.05, 0.1) is 20.3 Å². The SMILES string of the molecule is COc1ccc(N(C)C(=O)C2CCCN2Cc2ccccc2F)cc1OC. The van der Waals surface area contributed by atoms with E-state index in [1.807, 2.05) is 12.1 Å². The molecule has 5 nitrogen and oxygen atoms in total. The highest BCUT2D eigenvalue weighted by atomic mass is 19.1. The minimum Gasteiger partial charge on any atom is -0.493 e. The van der Waals surface area contributed by atoms with Gasteiger partial charge in [0, 0.05) is 30.9 Å². The fraction of sp³-hybridized carbons (Fsp3) is 0.381. The first-order valence-electron chi connectivity index (χ1n) is 9.02. The lowest BCUT2D eigenvalue weighted by atomic mass is 10.1. The van der Waals surface area contributed by atoms with Crippen molar-refractivity contribution in [1.29, 1.82) is 0 Å². The number of nitrogens with zero attached hydrogens (tertiary/aromatic N) is 2. The topological polar surface area (TPSA) is 42.0 Å². The van der Waals surface area contributed by atoms with E-state index in [-0.39, 0.29) is 17.8 Å². The number of amides is 1. The van der Waals surface area contributed by atoms with E-state index in [0.29, 0.717) is 23.6 Å². The van der Waals surface area contributed by atoms with Crippen molar-refractivity contribution in [3.63, 3.8) is 0 Å². The van der Waals surface area contributed by atoms with Crippen LogP contribution in [0.15, 0.2) is 42.5 Å². The lowest BCUT2D eigenvalue weighted by Gasteiger charge is -2.28. The van der Waals surface area contributed by atoms with Gasteiger partial charge in [0.15, 0.2) is 11.5 Å². The number of likely N-dealkylation sites (tertiary alicyclic amines) is 1. The molecule has 1 amide bonds. The number of hydrogen-bond acceptors (Lipinski definition) is 4. The summed E-state index contributed by atoms with van der Waals surface area (Å²) >= 11 is 0. The number of carbonyl (C=O) groups is 1. The molecule has 0 N–H and O–H groups in total. The lowest BCUT2D eigenvalue weighted by Crippen LogP contribution is -2.44. The number of benzene rings is 2. The number of anilines is 1. The van der Waals surface area contributed by atoms with Crippen molar-refractivity contribution in [1.82, 2.24) is 4.90 Å². The molecule has 1 saturated heterocycles. The van der Waals surface area contributed by atoms with Gasteiger partial charge in [-0.25, -0.2) is 4.39 Å². The maximum absolute atomic E-state index is 14.0. The summed E-state index contributed by atoms with van der Waals surface area (Å²) < 4.78 is 24.6. The Hall–Kier alpha value is -2.60. The molecule has 1 fully saturated rings. The van der Waals surface area contributed by atoms with E-state index in [2.05, 4.69) is 4.90 Å². The zero-order valence-corrected chi connectivity index (χ0v) is 15.9. The predicted octanol–water partition coefficient (Wildman–Crippen LogP) is 3.47. The molecule has 0 radical (unpaired) electrons. The van der Waals surface area contributed by atoms with E-state index >= 15 is 0 Å². The highest BCUT2D eigenvalue weighted by molar-refractivity contribution is 5.97. The van der Waals surface area contributed by atoms with Crippen LogP contribution in [0, 0.1) is 5.82 Å². The Balaban J connectivity index is 1.76. The molecule has 1 aliphatic heterocycles. The number of ether oxygens (including phenoxy) is 2. The maximum atomic E-state index is 14.0. The summed E-state index contributed by atoms with van der Waals surface area (Å²) in [6, 6.07) is 11.9. The van der Waals surface area contributed by atoms with Crippen molar-refractivity contribution >= 4 is 11.6 Å². The summed E-state index contributed by atoms with van der Waals surface area (Å²) in [5.41, 5.74) is 1.35. The number of halogens is 1. The van der Waals surface area contributed by atoms with Gasteiger partial charge in [0.1, 0.15) is 5.82 Å². The van der Waals surface area contributed by atoms with E-state index in [1.165, 1.54) is 6.07 Å². The second-order valence-corrected chi connectivity index (χ2v) is 6.66. The third-order valence-corrected chi connectivity index (χ3v) is 5.06. The van der Waals surface area contributed by atoms with Crippen LogP contribution >= 0.6 is 0 Å². The standard InChI is InChI=1S/C21H25FN2O3/c1-23(16-10-11-19(26-2)20(13-16)27-3)21(25)18-9-6-12-24(18)14-15-7-4-5-8-17(15)22/h4-5,7-8,10-11,13,18H,6,9,12,14H2,1-3H3. The Morgan fingerprint density at radius 3 is 2.63 bits per heavy atom. The van der Waals surface area contributed by atoms with Gasteiger partial charge in [-0.15, -0.1) is 0 Å². The molecule has 144 valence electrons. The zero-order valence-electron chi connectivity index (χ0n) is 15.9. The average molecular weight is 372 g/mol. The second-order valence-electron chi connectivity index (χ2n) is 6.66. The van der Waals surface area contributed by atoms with Crippen LogP contribution in [-0.2, 0) is 11.3 Å². The molecular weight excluding hydrogens is 347 g/mol. The molecule has 27 heavy (non-hydrogen) atoms. The summed E-state index contributed by atoms with van der Waals surface area (Å²) in [5, 5.41) is 0. The fourth-order valence-corrected chi connectivity index (χ4v) is 3.52. The molecule has 1 heterocycles. The molecule has 0 bridgehead atoms. The van der Waals surface area contributed by atoms with Gasteiger partial charge in [0.2, 0.25) is 5.91 Å². The first-order chi connectivity index (χ1) is 13.0. The van der Waals surface area contributed by atoms with Crippen molar-refractivity contribution in [3.05, 3.63) is 53.8 Å². The monoisotopic (exact) mass is 372 g/mol. The molecule has 3 rings (SSSR count). The van der Waals surface area contributed by atoms with Crippen LogP contribution < -0.4 is 14.4 Å². The number of hydrogen-bond donors (Lipinski definition) is 0. The van der Waals surface area contributed by atoms with Crippen LogP contribution in [0.25, 0.3) is 0 Å². The largest absolute Gasteiger partial charge is 0.493 e. The molecule has 6 heteroatoms. The first kappa shape index (κ1) is 19.2. The fourth-order valence-electron chi connectivity index (χ4n) is 3.52. The Morgan fingerprint density at radius 1 is 1.19 bits per heavy atom. The van der Waals surface area contributed by atoms with E-state index in [0.717, 1.165) is 25.1 Å².